The van der Waals surface area contributed by atoms with Gasteiger partial charge < -0.3 is 10.5 Å². The van der Waals surface area contributed by atoms with E-state index in [2.05, 4.69) is 15.2 Å². The Labute approximate surface area is 111 Å². The molecule has 0 radical (unpaired) electrons. The summed E-state index contributed by atoms with van der Waals surface area (Å²) in [7, 11) is 1.77. The second-order valence-electron chi connectivity index (χ2n) is 5.16. The molecule has 1 aromatic heterocycles. The summed E-state index contributed by atoms with van der Waals surface area (Å²) in [5.41, 5.74) is 6.14. The Kier molecular flexibility index (Phi) is 3.63. The summed E-state index contributed by atoms with van der Waals surface area (Å²) < 4.78 is 5.33. The van der Waals surface area contributed by atoms with Crippen molar-refractivity contribution >= 4 is 11.3 Å². The normalized spacial score (nSPS) is 36.8. The predicted molar refractivity (Wildman–Crippen MR) is 71.3 cm³/mol. The number of rotatable bonds is 3. The van der Waals surface area contributed by atoms with E-state index < -0.39 is 0 Å². The van der Waals surface area contributed by atoms with Crippen LogP contribution in [0.3, 0.4) is 0 Å². The van der Waals surface area contributed by atoms with Crippen LogP contribution in [0.15, 0.2) is 11.6 Å². The monoisotopic (exact) mass is 268 g/mol. The van der Waals surface area contributed by atoms with Gasteiger partial charge in [-0.1, -0.05) is 0 Å². The van der Waals surface area contributed by atoms with Crippen molar-refractivity contribution in [3.8, 4) is 0 Å². The Morgan fingerprint density at radius 2 is 2.56 bits per heavy atom. The smallest absolute Gasteiger partial charge is 0.124 e. The number of aromatic nitrogens is 1. The quantitative estimate of drug-likeness (QED) is 0.831. The highest BCUT2D eigenvalue weighted by molar-refractivity contribution is 7.09. The van der Waals surface area contributed by atoms with Gasteiger partial charge in [-0.05, 0) is 6.42 Å². The zero-order valence-electron chi connectivity index (χ0n) is 10.6. The summed E-state index contributed by atoms with van der Waals surface area (Å²) in [5, 5.41) is 6.76. The lowest BCUT2D eigenvalue weighted by molar-refractivity contribution is 0.0227. The minimum atomic E-state index is 0.233. The number of fused-ring (bicyclic) bond motifs is 1. The summed E-state index contributed by atoms with van der Waals surface area (Å²) in [6.45, 7) is 2.72. The zero-order valence-corrected chi connectivity index (χ0v) is 11.4. The molecule has 3 heterocycles. The van der Waals surface area contributed by atoms with Crippen molar-refractivity contribution in [1.82, 2.24) is 15.2 Å². The number of hydrogen-bond acceptors (Lipinski definition) is 6. The molecular formula is C12H20N4OS. The molecule has 0 amide bonds. The third kappa shape index (κ3) is 2.19. The zero-order chi connectivity index (χ0) is 12.5. The van der Waals surface area contributed by atoms with E-state index in [-0.39, 0.29) is 12.2 Å². The van der Waals surface area contributed by atoms with E-state index in [0.29, 0.717) is 12.0 Å². The van der Waals surface area contributed by atoms with Crippen LogP contribution in [0.25, 0.3) is 0 Å². The Morgan fingerprint density at radius 1 is 1.67 bits per heavy atom. The molecule has 6 heteroatoms. The molecule has 100 valence electrons. The molecule has 0 spiro atoms. The van der Waals surface area contributed by atoms with Gasteiger partial charge >= 0.3 is 0 Å². The second-order valence-corrected chi connectivity index (χ2v) is 6.08. The van der Waals surface area contributed by atoms with Crippen LogP contribution in [0.1, 0.15) is 17.6 Å². The van der Waals surface area contributed by atoms with Crippen LogP contribution in [0.2, 0.25) is 0 Å². The molecule has 3 rings (SSSR count). The van der Waals surface area contributed by atoms with Crippen LogP contribution in [-0.2, 0) is 4.74 Å². The maximum atomic E-state index is 6.14. The summed E-state index contributed by atoms with van der Waals surface area (Å²) in [6, 6.07) is 0.798. The maximum Gasteiger partial charge on any atom is 0.124 e. The number of ether oxygens (including phenoxy) is 1. The molecule has 18 heavy (non-hydrogen) atoms. The van der Waals surface area contributed by atoms with Crippen molar-refractivity contribution in [3.63, 3.8) is 0 Å². The Morgan fingerprint density at radius 3 is 3.28 bits per heavy atom. The number of thiazole rings is 1. The van der Waals surface area contributed by atoms with Gasteiger partial charge in [-0.25, -0.2) is 4.98 Å². The number of nitrogens with one attached hydrogen (secondary N) is 1. The summed E-state index contributed by atoms with van der Waals surface area (Å²) >= 11 is 1.71. The number of hydrogen-bond donors (Lipinski definition) is 2. The van der Waals surface area contributed by atoms with Gasteiger partial charge in [-0.3, -0.25) is 10.2 Å². The van der Waals surface area contributed by atoms with Gasteiger partial charge in [0.25, 0.3) is 0 Å². The van der Waals surface area contributed by atoms with E-state index in [1.54, 1.807) is 18.4 Å². The van der Waals surface area contributed by atoms with Crippen molar-refractivity contribution in [2.24, 2.45) is 11.7 Å². The van der Waals surface area contributed by atoms with Gasteiger partial charge in [0.05, 0.1) is 6.61 Å². The van der Waals surface area contributed by atoms with Crippen molar-refractivity contribution in [1.29, 1.82) is 0 Å². The minimum Gasteiger partial charge on any atom is -0.384 e. The van der Waals surface area contributed by atoms with Gasteiger partial charge in [-0.2, -0.15) is 0 Å². The van der Waals surface area contributed by atoms with Gasteiger partial charge in [0.15, 0.2) is 0 Å². The molecule has 0 saturated carbocycles. The SMILES string of the molecule is COCC1CNC(c2nccs2)N2C[C@@H](N)CC12. The van der Waals surface area contributed by atoms with E-state index in [4.69, 9.17) is 10.5 Å². The van der Waals surface area contributed by atoms with E-state index in [1.165, 1.54) is 0 Å². The van der Waals surface area contributed by atoms with Crippen molar-refractivity contribution in [2.75, 3.05) is 26.8 Å². The maximum absolute atomic E-state index is 6.14. The van der Waals surface area contributed by atoms with E-state index >= 15 is 0 Å². The van der Waals surface area contributed by atoms with Crippen LogP contribution < -0.4 is 11.1 Å². The topological polar surface area (TPSA) is 63.4 Å². The average molecular weight is 268 g/mol. The fraction of sp³-hybridized carbons (Fsp3) is 0.750. The highest BCUT2D eigenvalue weighted by Crippen LogP contribution is 2.35. The molecule has 5 nitrogen and oxygen atoms in total. The highest BCUT2D eigenvalue weighted by atomic mass is 32.1. The first-order valence-corrected chi connectivity index (χ1v) is 7.30. The van der Waals surface area contributed by atoms with Gasteiger partial charge in [0, 0.05) is 49.8 Å². The number of nitrogens with two attached hydrogens (primary N) is 1. The van der Waals surface area contributed by atoms with Crippen molar-refractivity contribution < 1.29 is 4.74 Å². The summed E-state index contributed by atoms with van der Waals surface area (Å²) in [4.78, 5) is 6.91. The lowest BCUT2D eigenvalue weighted by Crippen LogP contribution is -2.54. The molecule has 0 aliphatic carbocycles. The molecule has 3 N–H and O–H groups in total. The van der Waals surface area contributed by atoms with Crippen LogP contribution in [0.5, 0.6) is 0 Å². The third-order valence-electron chi connectivity index (χ3n) is 3.93. The average Bonchev–Trinajstić information content (AvgIpc) is 2.98. The molecule has 0 aromatic carbocycles. The lowest BCUT2D eigenvalue weighted by atomic mass is 9.95. The molecule has 2 aliphatic heterocycles. The minimum absolute atomic E-state index is 0.233. The molecule has 1 aromatic rings. The van der Waals surface area contributed by atoms with Gasteiger partial charge in [0.2, 0.25) is 0 Å². The van der Waals surface area contributed by atoms with E-state index in [9.17, 15) is 0 Å². The lowest BCUT2D eigenvalue weighted by Gasteiger charge is -2.42. The Hall–Kier alpha value is -0.530. The van der Waals surface area contributed by atoms with Gasteiger partial charge in [-0.15, -0.1) is 11.3 Å². The highest BCUT2D eigenvalue weighted by Gasteiger charge is 2.43. The number of nitrogens with zero attached hydrogens (tertiary/aromatic N) is 2. The third-order valence-corrected chi connectivity index (χ3v) is 4.76. The molecule has 0 bridgehead atoms. The first-order chi connectivity index (χ1) is 8.79. The van der Waals surface area contributed by atoms with Crippen molar-refractivity contribution in [2.45, 2.75) is 24.7 Å². The second kappa shape index (κ2) is 5.22. The molecular weight excluding hydrogens is 248 g/mol. The van der Waals surface area contributed by atoms with Crippen LogP contribution in [-0.4, -0.2) is 48.8 Å². The molecule has 3 unspecified atom stereocenters. The fourth-order valence-electron chi connectivity index (χ4n) is 3.19. The summed E-state index contributed by atoms with van der Waals surface area (Å²) in [6.07, 6.45) is 3.17. The van der Waals surface area contributed by atoms with E-state index in [0.717, 1.165) is 31.1 Å². The standard InChI is InChI=1S/C12H20N4OS/c1-17-7-8-5-15-11(12-14-2-3-18-12)16-6-9(13)4-10(8)16/h2-3,8-11,15H,4-7,13H2,1H3/t8?,9-,10?,11?/m0/s1. The fourth-order valence-corrected chi connectivity index (χ4v) is 3.92. The predicted octanol–water partition coefficient (Wildman–Crippen LogP) is 0.409. The molecule has 2 saturated heterocycles. The molecule has 2 fully saturated rings. The van der Waals surface area contributed by atoms with Crippen LogP contribution >= 0.6 is 11.3 Å². The Balaban J connectivity index is 1.80. The van der Waals surface area contributed by atoms with Crippen LogP contribution in [0, 0.1) is 5.92 Å². The largest absolute Gasteiger partial charge is 0.384 e. The first-order valence-electron chi connectivity index (χ1n) is 6.42. The number of methoxy groups -OCH3 is 1. The Bertz CT molecular complexity index is 385. The van der Waals surface area contributed by atoms with Crippen LogP contribution in [0.4, 0.5) is 0 Å². The molecule has 2 aliphatic rings. The first kappa shape index (κ1) is 12.5. The van der Waals surface area contributed by atoms with E-state index in [1.807, 2.05) is 11.6 Å². The molecule has 4 atom stereocenters. The van der Waals surface area contributed by atoms with Gasteiger partial charge in [0.1, 0.15) is 11.2 Å². The summed E-state index contributed by atoms with van der Waals surface area (Å²) in [5.74, 6) is 0.528. The van der Waals surface area contributed by atoms with Crippen molar-refractivity contribution in [3.05, 3.63) is 16.6 Å².